The molecule has 10 heteroatoms. The second-order valence-corrected chi connectivity index (χ2v) is 11.5. The number of rotatable bonds is 6. The normalized spacial score (nSPS) is 24.8. The third-order valence-corrected chi connectivity index (χ3v) is 7.71. The maximum Gasteiger partial charge on any atom is 0.410 e. The van der Waals surface area contributed by atoms with Crippen LogP contribution in [0, 0.1) is 0 Å². The molecule has 1 aliphatic carbocycles. The first-order valence-electron chi connectivity index (χ1n) is 13.1. The Kier molecular flexibility index (Phi) is 7.83. The molecular weight excluding hydrogens is 480 g/mol. The molecule has 204 valence electrons. The van der Waals surface area contributed by atoms with Crippen LogP contribution in [0.3, 0.4) is 0 Å². The van der Waals surface area contributed by atoms with Crippen LogP contribution in [0.4, 0.5) is 4.79 Å². The Morgan fingerprint density at radius 1 is 0.919 bits per heavy atom. The van der Waals surface area contributed by atoms with Crippen molar-refractivity contribution in [1.82, 2.24) is 9.80 Å². The first kappa shape index (κ1) is 27.3. The lowest BCUT2D eigenvalue weighted by molar-refractivity contribution is -0.116. The van der Waals surface area contributed by atoms with E-state index in [9.17, 15) is 29.7 Å². The quantitative estimate of drug-likeness (QED) is 0.518. The van der Waals surface area contributed by atoms with Gasteiger partial charge in [0.15, 0.2) is 0 Å². The Hall–Kier alpha value is -2.69. The van der Waals surface area contributed by atoms with Crippen LogP contribution < -0.4 is 0 Å². The van der Waals surface area contributed by atoms with Crippen LogP contribution in [0.25, 0.3) is 0 Å². The molecular formula is C27H38N2O8. The summed E-state index contributed by atoms with van der Waals surface area (Å²) >= 11 is 0. The van der Waals surface area contributed by atoms with Gasteiger partial charge < -0.3 is 29.7 Å². The molecule has 2 heterocycles. The van der Waals surface area contributed by atoms with Crippen molar-refractivity contribution in [2.45, 2.75) is 88.7 Å². The summed E-state index contributed by atoms with van der Waals surface area (Å²) in [5.74, 6) is -2.63. The van der Waals surface area contributed by atoms with Crippen LogP contribution in [-0.2, 0) is 15.1 Å². The zero-order chi connectivity index (χ0) is 27.0. The number of hydrogen-bond acceptors (Lipinski definition) is 7. The van der Waals surface area contributed by atoms with E-state index in [0.717, 1.165) is 25.7 Å². The predicted molar refractivity (Wildman–Crippen MR) is 134 cm³/mol. The number of nitrogens with zero attached hydrogens (tertiary/aromatic N) is 2. The molecule has 4 rings (SSSR count). The molecule has 1 aromatic carbocycles. The van der Waals surface area contributed by atoms with Crippen LogP contribution in [0.2, 0.25) is 0 Å². The summed E-state index contributed by atoms with van der Waals surface area (Å²) in [4.78, 5) is 39.2. The van der Waals surface area contributed by atoms with E-state index in [-0.39, 0.29) is 29.4 Å². The number of aliphatic hydroxyl groups is 1. The highest BCUT2D eigenvalue weighted by Crippen LogP contribution is 2.38. The zero-order valence-electron chi connectivity index (χ0n) is 21.8. The molecule has 0 bridgehead atoms. The molecule has 2 saturated heterocycles. The van der Waals surface area contributed by atoms with E-state index in [0.29, 0.717) is 50.6 Å². The number of likely N-dealkylation sites (tertiary alicyclic amines) is 2. The summed E-state index contributed by atoms with van der Waals surface area (Å²) in [6.07, 6.45) is 4.44. The van der Waals surface area contributed by atoms with E-state index in [4.69, 9.17) is 9.47 Å². The van der Waals surface area contributed by atoms with E-state index >= 15 is 0 Å². The van der Waals surface area contributed by atoms with Gasteiger partial charge in [0, 0.05) is 32.2 Å². The van der Waals surface area contributed by atoms with Gasteiger partial charge >= 0.3 is 18.0 Å². The number of carboxylic acids is 2. The first-order chi connectivity index (χ1) is 17.3. The van der Waals surface area contributed by atoms with Gasteiger partial charge in [-0.05, 0) is 77.0 Å². The molecule has 0 spiro atoms. The summed E-state index contributed by atoms with van der Waals surface area (Å²) in [6.45, 7) is 8.21. The number of carbonyl (C=O) groups is 3. The standard InChI is InChI=1S/C27H38N2O8/c1-26(2,3)37-25(34)29-10-6-19(7-11-29)36-20-15-18(16-20)28-12-8-27(35,9-13-28)17-4-5-21(23(30)31)22(14-17)24(32)33/h4-5,14,18-20,35H,6-13,15-16H2,1-3H3,(H,30,31)(H,32,33). The monoisotopic (exact) mass is 518 g/mol. The molecule has 0 aromatic heterocycles. The fourth-order valence-electron chi connectivity index (χ4n) is 5.47. The maximum absolute atomic E-state index is 12.2. The lowest BCUT2D eigenvalue weighted by atomic mass is 9.80. The largest absolute Gasteiger partial charge is 0.478 e. The highest BCUT2D eigenvalue weighted by Gasteiger charge is 2.42. The summed E-state index contributed by atoms with van der Waals surface area (Å²) in [7, 11) is 0. The number of carbonyl (C=O) groups excluding carboxylic acids is 1. The van der Waals surface area contributed by atoms with E-state index in [1.54, 1.807) is 4.90 Å². The van der Waals surface area contributed by atoms with E-state index < -0.39 is 23.1 Å². The SMILES string of the molecule is CC(C)(C)OC(=O)N1CCC(OC2CC(N3CCC(O)(c4ccc(C(=O)O)c(C(=O)O)c4)CC3)C2)CC1. The average molecular weight is 519 g/mol. The molecule has 2 aliphatic heterocycles. The summed E-state index contributed by atoms with van der Waals surface area (Å²) in [5, 5.41) is 29.9. The lowest BCUT2D eigenvalue weighted by Gasteiger charge is -2.48. The third-order valence-electron chi connectivity index (χ3n) is 7.71. The number of amides is 1. The van der Waals surface area contributed by atoms with Crippen molar-refractivity contribution in [2.75, 3.05) is 26.2 Å². The van der Waals surface area contributed by atoms with Gasteiger partial charge in [0.25, 0.3) is 0 Å². The molecule has 10 nitrogen and oxygen atoms in total. The topological polar surface area (TPSA) is 137 Å². The van der Waals surface area contributed by atoms with Gasteiger partial charge in [-0.1, -0.05) is 6.07 Å². The van der Waals surface area contributed by atoms with Crippen molar-refractivity contribution in [1.29, 1.82) is 0 Å². The minimum Gasteiger partial charge on any atom is -0.478 e. The zero-order valence-corrected chi connectivity index (χ0v) is 21.8. The molecule has 3 aliphatic rings. The molecule has 1 saturated carbocycles. The van der Waals surface area contributed by atoms with E-state index in [1.165, 1.54) is 18.2 Å². The molecule has 0 atom stereocenters. The van der Waals surface area contributed by atoms with Gasteiger partial charge in [-0.2, -0.15) is 0 Å². The average Bonchev–Trinajstić information content (AvgIpc) is 2.80. The number of hydrogen-bond donors (Lipinski definition) is 3. The van der Waals surface area contributed by atoms with Gasteiger partial charge in [0.2, 0.25) is 0 Å². The molecule has 3 N–H and O–H groups in total. The molecule has 1 aromatic rings. The molecule has 0 unspecified atom stereocenters. The van der Waals surface area contributed by atoms with Crippen molar-refractivity contribution >= 4 is 18.0 Å². The second-order valence-electron chi connectivity index (χ2n) is 11.5. The molecule has 0 radical (unpaired) electrons. The Morgan fingerprint density at radius 2 is 1.51 bits per heavy atom. The van der Waals surface area contributed by atoms with Crippen molar-refractivity contribution in [3.63, 3.8) is 0 Å². The number of ether oxygens (including phenoxy) is 2. The summed E-state index contributed by atoms with van der Waals surface area (Å²) < 4.78 is 11.7. The van der Waals surface area contributed by atoms with Crippen molar-refractivity contribution in [3.05, 3.63) is 34.9 Å². The van der Waals surface area contributed by atoms with Gasteiger partial charge in [-0.25, -0.2) is 14.4 Å². The smallest absolute Gasteiger partial charge is 0.410 e. The van der Waals surface area contributed by atoms with Crippen LogP contribution in [-0.4, -0.2) is 93.2 Å². The number of carboxylic acid groups (broad SMARTS) is 2. The molecule has 3 fully saturated rings. The highest BCUT2D eigenvalue weighted by atomic mass is 16.6. The summed E-state index contributed by atoms with van der Waals surface area (Å²) in [5.41, 5.74) is -1.83. The van der Waals surface area contributed by atoms with Crippen molar-refractivity contribution in [3.8, 4) is 0 Å². The maximum atomic E-state index is 12.2. The fraction of sp³-hybridized carbons (Fsp3) is 0.667. The van der Waals surface area contributed by atoms with E-state index in [1.807, 2.05) is 20.8 Å². The van der Waals surface area contributed by atoms with Crippen molar-refractivity contribution in [2.24, 2.45) is 0 Å². The van der Waals surface area contributed by atoms with Gasteiger partial charge in [-0.15, -0.1) is 0 Å². The van der Waals surface area contributed by atoms with Crippen LogP contribution in [0.1, 0.15) is 85.6 Å². The first-order valence-corrected chi connectivity index (χ1v) is 13.1. The van der Waals surface area contributed by atoms with Gasteiger partial charge in [0.05, 0.1) is 28.9 Å². The predicted octanol–water partition coefficient (Wildman–Crippen LogP) is 3.31. The van der Waals surface area contributed by atoms with Crippen LogP contribution in [0.15, 0.2) is 18.2 Å². The Morgan fingerprint density at radius 3 is 2.05 bits per heavy atom. The number of piperidine rings is 2. The second kappa shape index (κ2) is 10.6. The Balaban J connectivity index is 1.22. The van der Waals surface area contributed by atoms with Crippen LogP contribution in [0.5, 0.6) is 0 Å². The van der Waals surface area contributed by atoms with Crippen molar-refractivity contribution < 1.29 is 39.2 Å². The Labute approximate surface area is 217 Å². The Bertz CT molecular complexity index is 1010. The molecule has 1 amide bonds. The van der Waals surface area contributed by atoms with E-state index in [2.05, 4.69) is 4.90 Å². The minimum atomic E-state index is -1.32. The highest BCUT2D eigenvalue weighted by molar-refractivity contribution is 6.01. The van der Waals surface area contributed by atoms with Gasteiger partial charge in [0.1, 0.15) is 5.60 Å². The third kappa shape index (κ3) is 6.42. The lowest BCUT2D eigenvalue weighted by Crippen LogP contribution is -2.54. The minimum absolute atomic E-state index is 0.147. The number of aromatic carboxylic acids is 2. The summed E-state index contributed by atoms with van der Waals surface area (Å²) in [6, 6.07) is 4.47. The van der Waals surface area contributed by atoms with Crippen LogP contribution >= 0.6 is 0 Å². The van der Waals surface area contributed by atoms with Gasteiger partial charge in [-0.3, -0.25) is 4.90 Å². The fourth-order valence-corrected chi connectivity index (χ4v) is 5.47. The molecule has 37 heavy (non-hydrogen) atoms. The number of benzene rings is 1.